The molecule has 452 valence electrons. The van der Waals surface area contributed by atoms with Crippen molar-refractivity contribution in [1.82, 2.24) is 0 Å². The van der Waals surface area contributed by atoms with E-state index in [4.69, 9.17) is 37.9 Å². The average Bonchev–Trinajstić information content (AvgIpc) is 3.05. The first-order chi connectivity index (χ1) is 36.4. The van der Waals surface area contributed by atoms with Gasteiger partial charge in [-0.2, -0.15) is 0 Å². The Balaban J connectivity index is 0.940. The molecule has 16 N–H and O–H groups in total. The van der Waals surface area contributed by atoms with Crippen LogP contribution in [-0.2, 0) is 37.9 Å². The number of aliphatic hydroxyl groups excluding tert-OH is 15. The minimum atomic E-state index is -1.82. The normalized spacial score (nSPS) is 51.4. The van der Waals surface area contributed by atoms with Gasteiger partial charge < -0.3 is 120 Å². The third-order valence-electron chi connectivity index (χ3n) is 20.8. The Bertz CT molecular complexity index is 2030. The molecule has 0 amide bonds. The Hall–Kier alpha value is -1.22. The molecule has 7 fully saturated rings. The van der Waals surface area contributed by atoms with Gasteiger partial charge in [0, 0.05) is 10.8 Å². The molecule has 0 aromatic rings. The van der Waals surface area contributed by atoms with Gasteiger partial charge in [-0.15, -0.1) is 0 Å². The van der Waals surface area contributed by atoms with Crippen LogP contribution in [-0.4, -0.2) is 255 Å². The fourth-order valence-electron chi connectivity index (χ4n) is 15.6. The molecule has 30 atom stereocenters. The van der Waals surface area contributed by atoms with Gasteiger partial charge in [0.25, 0.3) is 0 Å². The van der Waals surface area contributed by atoms with Gasteiger partial charge in [0.1, 0.15) is 97.7 Å². The highest BCUT2D eigenvalue weighted by atomic mass is 16.8. The van der Waals surface area contributed by atoms with Crippen molar-refractivity contribution >= 4 is 0 Å². The molecule has 0 aromatic heterocycles. The van der Waals surface area contributed by atoms with Gasteiger partial charge in [0.2, 0.25) is 0 Å². The summed E-state index contributed by atoms with van der Waals surface area (Å²) in [5.41, 5.74) is -2.14. The van der Waals surface area contributed by atoms with E-state index < -0.39 is 184 Å². The van der Waals surface area contributed by atoms with Crippen molar-refractivity contribution < 1.29 is 120 Å². The van der Waals surface area contributed by atoms with Crippen molar-refractivity contribution in [3.63, 3.8) is 0 Å². The molecule has 4 heterocycles. The van der Waals surface area contributed by atoms with Crippen LogP contribution in [0.4, 0.5) is 0 Å². The van der Waals surface area contributed by atoms with Crippen molar-refractivity contribution in [2.45, 2.75) is 253 Å². The Morgan fingerprint density at radius 2 is 1.10 bits per heavy atom. The van der Waals surface area contributed by atoms with Crippen LogP contribution in [0.25, 0.3) is 0 Å². The van der Waals surface area contributed by atoms with Gasteiger partial charge in [-0.25, -0.2) is 0 Å². The molecule has 0 radical (unpaired) electrons. The zero-order valence-corrected chi connectivity index (χ0v) is 46.1. The largest absolute Gasteiger partial charge is 0.394 e. The fourth-order valence-corrected chi connectivity index (χ4v) is 15.6. The van der Waals surface area contributed by atoms with Crippen molar-refractivity contribution in [3.05, 3.63) is 11.6 Å². The van der Waals surface area contributed by atoms with Crippen LogP contribution >= 0.6 is 0 Å². The lowest BCUT2D eigenvalue weighted by Gasteiger charge is -2.67. The molecule has 4 aliphatic carbocycles. The van der Waals surface area contributed by atoms with Crippen LogP contribution < -0.4 is 0 Å². The van der Waals surface area contributed by atoms with Gasteiger partial charge in [-0.1, -0.05) is 53.2 Å². The van der Waals surface area contributed by atoms with Crippen molar-refractivity contribution in [3.8, 4) is 0 Å². The molecule has 24 heteroatoms. The van der Waals surface area contributed by atoms with E-state index in [9.17, 15) is 81.7 Å². The summed E-state index contributed by atoms with van der Waals surface area (Å²) in [7, 11) is 0. The number of fused-ring (bicyclic) bond motifs is 5. The van der Waals surface area contributed by atoms with E-state index in [-0.39, 0.29) is 34.5 Å². The van der Waals surface area contributed by atoms with Crippen LogP contribution in [0, 0.1) is 45.3 Å². The maximum atomic E-state index is 12.7. The van der Waals surface area contributed by atoms with Crippen LogP contribution in [0.5, 0.6) is 0 Å². The Morgan fingerprint density at radius 1 is 0.590 bits per heavy atom. The first-order valence-electron chi connectivity index (χ1n) is 28.0. The second-order valence-corrected chi connectivity index (χ2v) is 25.9. The first kappa shape index (κ1) is 62.8. The molecule has 8 aliphatic rings. The average molecular weight is 1130 g/mol. The van der Waals surface area contributed by atoms with Crippen molar-refractivity contribution in [2.24, 2.45) is 45.3 Å². The number of hydrogen-bond acceptors (Lipinski definition) is 24. The summed E-state index contributed by atoms with van der Waals surface area (Å²) in [4.78, 5) is 0. The molecule has 8 rings (SSSR count). The summed E-state index contributed by atoms with van der Waals surface area (Å²) < 4.78 is 47.5. The van der Waals surface area contributed by atoms with Gasteiger partial charge >= 0.3 is 0 Å². The minimum Gasteiger partial charge on any atom is -0.394 e. The van der Waals surface area contributed by atoms with E-state index in [1.165, 1.54) is 0 Å². The second kappa shape index (κ2) is 23.7. The van der Waals surface area contributed by atoms with Crippen LogP contribution in [0.1, 0.15) is 107 Å². The molecule has 4 saturated heterocycles. The fraction of sp³-hybridized carbons (Fsp3) is 0.963. The van der Waals surface area contributed by atoms with Crippen molar-refractivity contribution in [2.75, 3.05) is 26.4 Å². The standard InChI is InChI=1S/C54H92O24/c1-22(9-13-33(51(4,5)70)77-47-43(68)40(65)37(62)29(75-47)21-71-46-42(67)38(63)34(59)26(18-55)72-46)23-15-16-52(6)30-12-10-24-25(54(30,8)31(58)17-53(23,52)7)11-14-32(50(24,2)3)76-49-45(41(66)36(61)28(20-57)74-49)78-48-44(69)39(64)35(60)27(19-56)73-48/h10,22-23,25-49,55-70H,9,11-21H2,1-8H3/t22-,23-,25-,26-,27-,28-,29-,30+,31-,32+,33-,34-,35-,36-,37-,38+,39+,40+,41+,42-,43-,44-,45-,46-,47+,48+,49+,52+,53-,54+/m1/s1. The molecule has 0 spiro atoms. The lowest BCUT2D eigenvalue weighted by atomic mass is 9.38. The van der Waals surface area contributed by atoms with E-state index in [1.54, 1.807) is 13.8 Å². The minimum absolute atomic E-state index is 0.0504. The molecule has 78 heavy (non-hydrogen) atoms. The van der Waals surface area contributed by atoms with Crippen LogP contribution in [0.15, 0.2) is 11.6 Å². The Morgan fingerprint density at radius 3 is 1.68 bits per heavy atom. The van der Waals surface area contributed by atoms with Crippen LogP contribution in [0.2, 0.25) is 0 Å². The molecular formula is C54H92O24. The van der Waals surface area contributed by atoms with E-state index in [2.05, 4.69) is 47.6 Å². The number of rotatable bonds is 17. The summed E-state index contributed by atoms with van der Waals surface area (Å²) in [6, 6.07) is 0. The highest BCUT2D eigenvalue weighted by Gasteiger charge is 2.70. The summed E-state index contributed by atoms with van der Waals surface area (Å²) in [5.74, 6) is 0.242. The van der Waals surface area contributed by atoms with E-state index in [1.807, 2.05) is 0 Å². The first-order valence-corrected chi connectivity index (χ1v) is 28.0. The van der Waals surface area contributed by atoms with Gasteiger partial charge in [0.15, 0.2) is 25.2 Å². The summed E-state index contributed by atoms with van der Waals surface area (Å²) >= 11 is 0. The SMILES string of the molecule is C[C@H](CC[C@@H](O[C@@H]1O[C@H](CO[C@@H]2O[C@H](CO)[C@@H](O)[C@H](O)[C@H]2O)[C@@H](O)[C@H](O)[C@H]1O)C(C)(C)O)[C@H]1CC[C@@]2(C)[C@@H]3CC=C4[C@@H](CC[C@H](O[C@@H]5O[C@H](CO)[C@@H](O)[C@H](O)[C@H]5O[C@@H]5O[C@H](CO)[C@@H](O)[C@H](O)[C@H]5O)C4(C)C)[C@]3(C)[C@H](O)C[C@]12C. The number of ether oxygens (including phenoxy) is 8. The third kappa shape index (κ3) is 11.0. The zero-order chi connectivity index (χ0) is 57.5. The monoisotopic (exact) mass is 1120 g/mol. The molecule has 4 aliphatic heterocycles. The molecule has 3 saturated carbocycles. The number of aliphatic hydroxyl groups is 16. The predicted octanol–water partition coefficient (Wildman–Crippen LogP) is -3.23. The molecule has 24 nitrogen and oxygen atoms in total. The Labute approximate surface area is 455 Å². The number of allylic oxidation sites excluding steroid dienone is 1. The molecule has 0 aromatic carbocycles. The van der Waals surface area contributed by atoms with E-state index >= 15 is 0 Å². The molecule has 0 bridgehead atoms. The molecule has 0 unspecified atom stereocenters. The highest BCUT2D eigenvalue weighted by Crippen LogP contribution is 2.75. The third-order valence-corrected chi connectivity index (χ3v) is 20.8. The molecular weight excluding hydrogens is 1030 g/mol. The van der Waals surface area contributed by atoms with Gasteiger partial charge in [-0.05, 0) is 99.7 Å². The number of hydrogen-bond donors (Lipinski definition) is 16. The zero-order valence-electron chi connectivity index (χ0n) is 46.1. The lowest BCUT2D eigenvalue weighted by Crippen LogP contribution is -2.66. The smallest absolute Gasteiger partial charge is 0.187 e. The maximum Gasteiger partial charge on any atom is 0.187 e. The van der Waals surface area contributed by atoms with Gasteiger partial charge in [-0.3, -0.25) is 0 Å². The highest BCUT2D eigenvalue weighted by molar-refractivity contribution is 5.32. The van der Waals surface area contributed by atoms with Gasteiger partial charge in [0.05, 0.1) is 50.3 Å². The maximum absolute atomic E-state index is 12.7. The summed E-state index contributed by atoms with van der Waals surface area (Å²) in [6.45, 7) is 13.6. The quantitative estimate of drug-likeness (QED) is 0.0637. The van der Waals surface area contributed by atoms with E-state index in [0.29, 0.717) is 38.5 Å². The summed E-state index contributed by atoms with van der Waals surface area (Å²) in [6.07, 6.45) is -26.8. The lowest BCUT2D eigenvalue weighted by molar-refractivity contribution is -0.375. The topological polar surface area (TPSA) is 398 Å². The Kier molecular flexibility index (Phi) is 19.1. The summed E-state index contributed by atoms with van der Waals surface area (Å²) in [5, 5.41) is 171. The van der Waals surface area contributed by atoms with Crippen molar-refractivity contribution in [1.29, 1.82) is 0 Å². The predicted molar refractivity (Wildman–Crippen MR) is 268 cm³/mol. The second-order valence-electron chi connectivity index (χ2n) is 25.9. The van der Waals surface area contributed by atoms with E-state index in [0.717, 1.165) is 18.4 Å². The van der Waals surface area contributed by atoms with Crippen LogP contribution in [0.3, 0.4) is 0 Å².